The van der Waals surface area contributed by atoms with E-state index in [-0.39, 0.29) is 12.0 Å². The third-order valence-electron chi connectivity index (χ3n) is 3.98. The van der Waals surface area contributed by atoms with Crippen molar-refractivity contribution < 1.29 is 14.3 Å². The lowest BCUT2D eigenvalue weighted by molar-refractivity contribution is -0.114. The van der Waals surface area contributed by atoms with Crippen LogP contribution in [0, 0.1) is 3.57 Å². The lowest BCUT2D eigenvalue weighted by Crippen LogP contribution is -2.21. The molecule has 0 saturated heterocycles. The quantitative estimate of drug-likeness (QED) is 0.456. The molecule has 0 aliphatic carbocycles. The molecule has 0 radical (unpaired) electrons. The molecule has 0 unspecified atom stereocenters. The first kappa shape index (κ1) is 19.4. The zero-order chi connectivity index (χ0) is 19.6. The Balaban J connectivity index is 1.96. The number of halogens is 1. The minimum atomic E-state index is -0.143. The average molecular weight is 476 g/mol. The van der Waals surface area contributed by atoms with Crippen LogP contribution in [0.5, 0.6) is 11.5 Å². The van der Waals surface area contributed by atoms with Gasteiger partial charge in [0.2, 0.25) is 0 Å². The number of hydrogen-bond acceptors (Lipinski definition) is 4. The van der Waals surface area contributed by atoms with Crippen molar-refractivity contribution in [3.8, 4) is 11.5 Å². The highest BCUT2D eigenvalue weighted by Crippen LogP contribution is 2.36. The number of ether oxygens (including phenoxy) is 2. The molecule has 0 N–H and O–H groups in total. The molecule has 2 aromatic carbocycles. The number of methoxy groups -OCH3 is 1. The number of hydrogen-bond donors (Lipinski definition) is 0. The molecule has 0 spiro atoms. The molecule has 5 nitrogen and oxygen atoms in total. The van der Waals surface area contributed by atoms with Crippen LogP contribution in [0.1, 0.15) is 26.3 Å². The Labute approximate surface area is 172 Å². The lowest BCUT2D eigenvalue weighted by Gasteiger charge is -2.16. The summed E-state index contributed by atoms with van der Waals surface area (Å²) in [4.78, 5) is 12.9. The number of carbonyl (C=O) groups is 1. The highest BCUT2D eigenvalue weighted by atomic mass is 127. The fraction of sp³-hybridized carbons (Fsp3) is 0.238. The summed E-state index contributed by atoms with van der Waals surface area (Å²) in [6.45, 7) is 5.78. The monoisotopic (exact) mass is 476 g/mol. The summed E-state index contributed by atoms with van der Waals surface area (Å²) < 4.78 is 12.3. The summed E-state index contributed by atoms with van der Waals surface area (Å²) in [5.74, 6) is 1.21. The van der Waals surface area contributed by atoms with Gasteiger partial charge in [-0.05, 0) is 79.3 Å². The number of rotatable bonds is 5. The summed E-state index contributed by atoms with van der Waals surface area (Å²) in [7, 11) is 1.61. The van der Waals surface area contributed by atoms with E-state index >= 15 is 0 Å². The first-order valence-corrected chi connectivity index (χ1v) is 9.69. The van der Waals surface area contributed by atoms with Crippen molar-refractivity contribution in [3.05, 3.63) is 57.2 Å². The molecule has 1 aliphatic rings. The van der Waals surface area contributed by atoms with Gasteiger partial charge in [-0.3, -0.25) is 4.79 Å². The average Bonchev–Trinajstić information content (AvgIpc) is 2.92. The van der Waals surface area contributed by atoms with Crippen molar-refractivity contribution in [2.75, 3.05) is 12.1 Å². The molecule has 0 aromatic heterocycles. The number of nitrogens with zero attached hydrogens (tertiary/aromatic N) is 2. The molecule has 0 bridgehead atoms. The molecule has 1 amide bonds. The summed E-state index contributed by atoms with van der Waals surface area (Å²) in [5, 5.41) is 5.84. The minimum Gasteiger partial charge on any atom is -0.493 e. The maximum absolute atomic E-state index is 12.9. The van der Waals surface area contributed by atoms with E-state index in [0.29, 0.717) is 22.8 Å². The second-order valence-electron chi connectivity index (χ2n) is 6.40. The van der Waals surface area contributed by atoms with Crippen LogP contribution >= 0.6 is 22.6 Å². The Morgan fingerprint density at radius 1 is 1.19 bits per heavy atom. The largest absolute Gasteiger partial charge is 0.493 e. The van der Waals surface area contributed by atoms with Gasteiger partial charge in [-0.1, -0.05) is 18.2 Å². The van der Waals surface area contributed by atoms with Crippen molar-refractivity contribution in [2.45, 2.75) is 26.9 Å². The zero-order valence-electron chi connectivity index (χ0n) is 15.7. The molecule has 27 heavy (non-hydrogen) atoms. The molecular weight excluding hydrogens is 455 g/mol. The standard InChI is InChI=1S/C21H21IN2O3/c1-13(2)27-20-18(22)11-15(12-19(20)26-4)10-17-14(3)23-24(21(17)25)16-8-6-5-7-9-16/h5-13H,1-4H3. The topological polar surface area (TPSA) is 51.1 Å². The van der Waals surface area contributed by atoms with Crippen LogP contribution in [-0.4, -0.2) is 24.8 Å². The fourth-order valence-electron chi connectivity index (χ4n) is 2.77. The van der Waals surface area contributed by atoms with Gasteiger partial charge >= 0.3 is 0 Å². The molecule has 140 valence electrons. The number of carbonyl (C=O) groups excluding carboxylic acids is 1. The predicted octanol–water partition coefficient (Wildman–Crippen LogP) is 4.89. The fourth-order valence-corrected chi connectivity index (χ4v) is 3.52. The van der Waals surface area contributed by atoms with E-state index < -0.39 is 0 Å². The van der Waals surface area contributed by atoms with Crippen LogP contribution in [-0.2, 0) is 4.79 Å². The number of para-hydroxylation sites is 1. The van der Waals surface area contributed by atoms with Crippen LogP contribution in [0.15, 0.2) is 53.1 Å². The Bertz CT molecular complexity index is 921. The van der Waals surface area contributed by atoms with Gasteiger partial charge < -0.3 is 9.47 Å². The van der Waals surface area contributed by atoms with Crippen molar-refractivity contribution in [2.24, 2.45) is 5.10 Å². The predicted molar refractivity (Wildman–Crippen MR) is 116 cm³/mol. The van der Waals surface area contributed by atoms with Crippen molar-refractivity contribution in [1.29, 1.82) is 0 Å². The molecule has 0 fully saturated rings. The molecular formula is C21H21IN2O3. The van der Waals surface area contributed by atoms with Gasteiger partial charge in [0.05, 0.1) is 33.8 Å². The molecule has 1 heterocycles. The van der Waals surface area contributed by atoms with Crippen molar-refractivity contribution in [1.82, 2.24) is 0 Å². The second-order valence-corrected chi connectivity index (χ2v) is 7.56. The minimum absolute atomic E-state index is 0.0434. The van der Waals surface area contributed by atoms with Gasteiger partial charge in [-0.2, -0.15) is 10.1 Å². The van der Waals surface area contributed by atoms with Gasteiger partial charge in [-0.25, -0.2) is 0 Å². The number of anilines is 1. The number of benzene rings is 2. The van der Waals surface area contributed by atoms with E-state index in [9.17, 15) is 4.79 Å². The van der Waals surface area contributed by atoms with Crippen molar-refractivity contribution >= 4 is 46.0 Å². The van der Waals surface area contributed by atoms with E-state index in [4.69, 9.17) is 9.47 Å². The van der Waals surface area contributed by atoms with Crippen LogP contribution in [0.3, 0.4) is 0 Å². The Kier molecular flexibility index (Phi) is 5.84. The number of amides is 1. The smallest absolute Gasteiger partial charge is 0.280 e. The summed E-state index contributed by atoms with van der Waals surface area (Å²) >= 11 is 2.22. The van der Waals surface area contributed by atoms with Gasteiger partial charge in [-0.15, -0.1) is 0 Å². The highest BCUT2D eigenvalue weighted by molar-refractivity contribution is 14.1. The van der Waals surface area contributed by atoms with Gasteiger partial charge in [0, 0.05) is 0 Å². The molecule has 3 rings (SSSR count). The van der Waals surface area contributed by atoms with Crippen LogP contribution < -0.4 is 14.5 Å². The van der Waals surface area contributed by atoms with Crippen LogP contribution in [0.4, 0.5) is 5.69 Å². The Morgan fingerprint density at radius 2 is 1.89 bits per heavy atom. The highest BCUT2D eigenvalue weighted by Gasteiger charge is 2.28. The number of hydrazone groups is 1. The molecule has 6 heteroatoms. The Hall–Kier alpha value is -2.35. The lowest BCUT2D eigenvalue weighted by atomic mass is 10.1. The van der Waals surface area contributed by atoms with E-state index in [1.807, 2.05) is 69.3 Å². The summed E-state index contributed by atoms with van der Waals surface area (Å²) in [6, 6.07) is 13.2. The maximum atomic E-state index is 12.9. The molecule has 2 aromatic rings. The SMILES string of the molecule is COc1cc(C=C2C(=O)N(c3ccccc3)N=C2C)cc(I)c1OC(C)C. The second kappa shape index (κ2) is 8.12. The van der Waals surface area contributed by atoms with Gasteiger partial charge in [0.25, 0.3) is 5.91 Å². The van der Waals surface area contributed by atoms with Crippen molar-refractivity contribution in [3.63, 3.8) is 0 Å². The van der Waals surface area contributed by atoms with E-state index in [1.165, 1.54) is 5.01 Å². The third kappa shape index (κ3) is 4.16. The molecule has 0 saturated carbocycles. The maximum Gasteiger partial charge on any atom is 0.280 e. The third-order valence-corrected chi connectivity index (χ3v) is 4.78. The first-order valence-electron chi connectivity index (χ1n) is 8.61. The molecule has 0 atom stereocenters. The first-order chi connectivity index (χ1) is 12.9. The Morgan fingerprint density at radius 3 is 2.52 bits per heavy atom. The van der Waals surface area contributed by atoms with Gasteiger partial charge in [0.1, 0.15) is 0 Å². The van der Waals surface area contributed by atoms with E-state index in [1.54, 1.807) is 7.11 Å². The normalized spacial score (nSPS) is 15.5. The summed E-state index contributed by atoms with van der Waals surface area (Å²) in [5.41, 5.74) is 2.85. The summed E-state index contributed by atoms with van der Waals surface area (Å²) in [6.07, 6.45) is 1.88. The van der Waals surface area contributed by atoms with E-state index in [2.05, 4.69) is 27.7 Å². The molecule has 1 aliphatic heterocycles. The zero-order valence-corrected chi connectivity index (χ0v) is 17.9. The van der Waals surface area contributed by atoms with Gasteiger partial charge in [0.15, 0.2) is 11.5 Å². The van der Waals surface area contributed by atoms with Crippen LogP contribution in [0.25, 0.3) is 6.08 Å². The van der Waals surface area contributed by atoms with Crippen LogP contribution in [0.2, 0.25) is 0 Å². The van der Waals surface area contributed by atoms with E-state index in [0.717, 1.165) is 14.8 Å².